The Labute approximate surface area is 162 Å². The molecule has 0 bridgehead atoms. The topological polar surface area (TPSA) is 62.7 Å². The van der Waals surface area contributed by atoms with Crippen molar-refractivity contribution in [2.24, 2.45) is 0 Å². The van der Waals surface area contributed by atoms with Gasteiger partial charge in [0.05, 0.1) is 0 Å². The van der Waals surface area contributed by atoms with Crippen LogP contribution >= 0.6 is 11.3 Å². The third-order valence-electron chi connectivity index (χ3n) is 5.18. The summed E-state index contributed by atoms with van der Waals surface area (Å²) in [5.41, 5.74) is 2.69. The highest BCUT2D eigenvalue weighted by Crippen LogP contribution is 2.27. The van der Waals surface area contributed by atoms with Gasteiger partial charge in [-0.2, -0.15) is 0 Å². The highest BCUT2D eigenvalue weighted by Gasteiger charge is 2.32. The first kappa shape index (κ1) is 18.1. The summed E-state index contributed by atoms with van der Waals surface area (Å²) >= 11 is 1.49. The Bertz CT molecular complexity index is 837. The Morgan fingerprint density at radius 1 is 1.15 bits per heavy atom. The van der Waals surface area contributed by atoms with Crippen molar-refractivity contribution < 1.29 is 14.3 Å². The zero-order valence-corrected chi connectivity index (χ0v) is 16.2. The molecule has 1 unspecified atom stereocenters. The lowest BCUT2D eigenvalue weighted by Gasteiger charge is -2.35. The summed E-state index contributed by atoms with van der Waals surface area (Å²) in [4.78, 5) is 33.4. The Balaban J connectivity index is 1.38. The fraction of sp³-hybridized carbons (Fsp3) is 0.450. The number of ether oxygens (including phenoxy) is 1. The van der Waals surface area contributed by atoms with Crippen LogP contribution in [0.4, 0.5) is 0 Å². The lowest BCUT2D eigenvalue weighted by Crippen LogP contribution is -2.52. The molecule has 0 saturated carbocycles. The summed E-state index contributed by atoms with van der Waals surface area (Å²) in [6.07, 6.45) is 1.46. The van der Waals surface area contributed by atoms with E-state index in [1.807, 2.05) is 41.5 Å². The predicted octanol–water partition coefficient (Wildman–Crippen LogP) is 2.58. The number of benzene rings is 1. The molecule has 1 aromatic carbocycles. The number of thiazole rings is 1. The highest BCUT2D eigenvalue weighted by atomic mass is 32.1. The fourth-order valence-electron chi connectivity index (χ4n) is 3.58. The summed E-state index contributed by atoms with van der Waals surface area (Å²) in [5, 5.41) is 2.69. The molecule has 0 N–H and O–H groups in total. The van der Waals surface area contributed by atoms with Crippen molar-refractivity contribution in [3.05, 3.63) is 40.9 Å². The fourth-order valence-corrected chi connectivity index (χ4v) is 4.46. The van der Waals surface area contributed by atoms with Gasteiger partial charge >= 0.3 is 0 Å². The minimum absolute atomic E-state index is 0.0599. The lowest BCUT2D eigenvalue weighted by molar-refractivity contribution is -0.142. The Hall–Kier alpha value is -2.25. The standard InChI is InChI=1S/C20H23N3O3S/c1-14-5-2-3-6-15(14)18-21-16(13-27-18)19(24)22-8-10-23(11-9-22)20(25)17-7-4-12-26-17/h2-3,5-6,13,17H,4,7-12H2,1H3. The van der Waals surface area contributed by atoms with Crippen LogP contribution in [-0.2, 0) is 9.53 Å². The molecule has 1 aromatic heterocycles. The number of aromatic nitrogens is 1. The van der Waals surface area contributed by atoms with E-state index >= 15 is 0 Å². The Morgan fingerprint density at radius 3 is 2.59 bits per heavy atom. The van der Waals surface area contributed by atoms with Crippen LogP contribution in [0.2, 0.25) is 0 Å². The quantitative estimate of drug-likeness (QED) is 0.815. The van der Waals surface area contributed by atoms with Crippen molar-refractivity contribution in [2.75, 3.05) is 32.8 Å². The van der Waals surface area contributed by atoms with Crippen molar-refractivity contribution in [1.29, 1.82) is 0 Å². The predicted molar refractivity (Wildman–Crippen MR) is 104 cm³/mol. The van der Waals surface area contributed by atoms with Gasteiger partial charge < -0.3 is 14.5 Å². The molecule has 0 spiro atoms. The Morgan fingerprint density at radius 2 is 1.89 bits per heavy atom. The molecule has 2 fully saturated rings. The minimum Gasteiger partial charge on any atom is -0.368 e. The van der Waals surface area contributed by atoms with E-state index in [1.54, 1.807) is 4.90 Å². The van der Waals surface area contributed by atoms with Crippen LogP contribution in [0.15, 0.2) is 29.6 Å². The molecular formula is C20H23N3O3S. The van der Waals surface area contributed by atoms with Crippen molar-refractivity contribution in [1.82, 2.24) is 14.8 Å². The van der Waals surface area contributed by atoms with E-state index in [0.717, 1.165) is 29.0 Å². The molecule has 2 aliphatic rings. The van der Waals surface area contributed by atoms with Crippen LogP contribution in [0.25, 0.3) is 10.6 Å². The second-order valence-corrected chi connectivity index (χ2v) is 7.83. The van der Waals surface area contributed by atoms with Crippen LogP contribution in [0.5, 0.6) is 0 Å². The number of carbonyl (C=O) groups excluding carboxylic acids is 2. The van der Waals surface area contributed by atoms with Gasteiger partial charge in [-0.15, -0.1) is 11.3 Å². The van der Waals surface area contributed by atoms with Crippen LogP contribution in [0.1, 0.15) is 28.9 Å². The van der Waals surface area contributed by atoms with E-state index in [0.29, 0.717) is 38.5 Å². The first-order valence-electron chi connectivity index (χ1n) is 9.34. The molecule has 3 heterocycles. The van der Waals surface area contributed by atoms with Gasteiger partial charge in [0, 0.05) is 43.7 Å². The van der Waals surface area contributed by atoms with E-state index in [4.69, 9.17) is 4.74 Å². The number of rotatable bonds is 3. The number of piperazine rings is 1. The summed E-state index contributed by atoms with van der Waals surface area (Å²) < 4.78 is 5.49. The van der Waals surface area contributed by atoms with Crippen molar-refractivity contribution in [3.8, 4) is 10.6 Å². The monoisotopic (exact) mass is 385 g/mol. The van der Waals surface area contributed by atoms with Crippen LogP contribution < -0.4 is 0 Å². The highest BCUT2D eigenvalue weighted by molar-refractivity contribution is 7.13. The minimum atomic E-state index is -0.289. The molecular weight excluding hydrogens is 362 g/mol. The first-order chi connectivity index (χ1) is 13.1. The maximum absolute atomic E-state index is 12.8. The SMILES string of the molecule is Cc1ccccc1-c1nc(C(=O)N2CCN(C(=O)C3CCCO3)CC2)cs1. The zero-order valence-electron chi connectivity index (χ0n) is 15.4. The largest absolute Gasteiger partial charge is 0.368 e. The maximum Gasteiger partial charge on any atom is 0.273 e. The van der Waals surface area contributed by atoms with Gasteiger partial charge in [0.15, 0.2) is 0 Å². The molecule has 6 nitrogen and oxygen atoms in total. The molecule has 0 radical (unpaired) electrons. The van der Waals surface area contributed by atoms with Gasteiger partial charge in [0.25, 0.3) is 11.8 Å². The third kappa shape index (κ3) is 3.75. The van der Waals surface area contributed by atoms with Gasteiger partial charge in [-0.05, 0) is 25.3 Å². The van der Waals surface area contributed by atoms with E-state index in [9.17, 15) is 9.59 Å². The van der Waals surface area contributed by atoms with Gasteiger partial charge in [0.2, 0.25) is 0 Å². The Kier molecular flexibility index (Phi) is 5.22. The number of hydrogen-bond acceptors (Lipinski definition) is 5. The number of amides is 2. The number of aryl methyl sites for hydroxylation is 1. The molecule has 1 atom stereocenters. The maximum atomic E-state index is 12.8. The molecule has 142 valence electrons. The number of nitrogens with zero attached hydrogens (tertiary/aromatic N) is 3. The van der Waals surface area contributed by atoms with Crippen molar-refractivity contribution in [3.63, 3.8) is 0 Å². The average Bonchev–Trinajstić information content (AvgIpc) is 3.39. The van der Waals surface area contributed by atoms with E-state index < -0.39 is 0 Å². The van der Waals surface area contributed by atoms with E-state index in [-0.39, 0.29) is 17.9 Å². The molecule has 2 amide bonds. The van der Waals surface area contributed by atoms with E-state index in [2.05, 4.69) is 4.98 Å². The van der Waals surface area contributed by atoms with Crippen molar-refractivity contribution >= 4 is 23.2 Å². The molecule has 2 saturated heterocycles. The molecule has 7 heteroatoms. The third-order valence-corrected chi connectivity index (χ3v) is 6.06. The first-order valence-corrected chi connectivity index (χ1v) is 10.2. The number of hydrogen-bond donors (Lipinski definition) is 0. The van der Waals surface area contributed by atoms with E-state index in [1.165, 1.54) is 11.3 Å². The second-order valence-electron chi connectivity index (χ2n) is 6.97. The number of carbonyl (C=O) groups is 2. The summed E-state index contributed by atoms with van der Waals surface area (Å²) in [7, 11) is 0. The van der Waals surface area contributed by atoms with Gasteiger partial charge in [-0.25, -0.2) is 4.98 Å². The summed E-state index contributed by atoms with van der Waals surface area (Å²) in [5.74, 6) is 0.00500. The molecule has 0 aliphatic carbocycles. The van der Waals surface area contributed by atoms with Gasteiger partial charge in [0.1, 0.15) is 16.8 Å². The van der Waals surface area contributed by atoms with Crippen molar-refractivity contribution in [2.45, 2.75) is 25.9 Å². The van der Waals surface area contributed by atoms with Crippen LogP contribution in [0.3, 0.4) is 0 Å². The molecule has 27 heavy (non-hydrogen) atoms. The smallest absolute Gasteiger partial charge is 0.273 e. The lowest BCUT2D eigenvalue weighted by atomic mass is 10.1. The van der Waals surface area contributed by atoms with Gasteiger partial charge in [-0.1, -0.05) is 24.3 Å². The van der Waals surface area contributed by atoms with Gasteiger partial charge in [-0.3, -0.25) is 9.59 Å². The van der Waals surface area contributed by atoms with Crippen LogP contribution in [-0.4, -0.2) is 65.5 Å². The summed E-state index contributed by atoms with van der Waals surface area (Å²) in [6.45, 7) is 4.89. The second kappa shape index (κ2) is 7.78. The molecule has 2 aliphatic heterocycles. The molecule has 4 rings (SSSR count). The normalized spacial score (nSPS) is 20.1. The summed E-state index contributed by atoms with van der Waals surface area (Å²) in [6, 6.07) is 8.05. The molecule has 2 aromatic rings. The zero-order chi connectivity index (χ0) is 18.8. The average molecular weight is 385 g/mol. The van der Waals surface area contributed by atoms with Crippen LogP contribution in [0, 0.1) is 6.92 Å².